The number of aliphatic carboxylic acids is 1. The summed E-state index contributed by atoms with van der Waals surface area (Å²) in [6.45, 7) is 5.98. The van der Waals surface area contributed by atoms with Crippen LogP contribution in [0.5, 0.6) is 5.75 Å². The van der Waals surface area contributed by atoms with Crippen LogP contribution in [0.1, 0.15) is 45.2 Å². The van der Waals surface area contributed by atoms with Gasteiger partial charge in [-0.2, -0.15) is 13.2 Å². The molecule has 0 aliphatic rings. The third-order valence-electron chi connectivity index (χ3n) is 3.44. The molecule has 0 spiro atoms. The number of carboxylic acid groups (broad SMARTS) is 1. The van der Waals surface area contributed by atoms with E-state index in [4.69, 9.17) is 14.6 Å². The quantitative estimate of drug-likeness (QED) is 0.727. The second-order valence-corrected chi connectivity index (χ2v) is 7.02. The highest BCUT2D eigenvalue weighted by molar-refractivity contribution is 5.69. The molecule has 0 aliphatic heterocycles. The average Bonchev–Trinajstić information content (AvgIpc) is 2.50. The third-order valence-corrected chi connectivity index (χ3v) is 3.44. The molecule has 9 heteroatoms. The van der Waals surface area contributed by atoms with Gasteiger partial charge in [0.2, 0.25) is 0 Å². The molecule has 0 radical (unpaired) electrons. The van der Waals surface area contributed by atoms with Crippen LogP contribution in [0.2, 0.25) is 0 Å². The first-order chi connectivity index (χ1) is 12.3. The van der Waals surface area contributed by atoms with Crippen molar-refractivity contribution < 1.29 is 37.3 Å². The van der Waals surface area contributed by atoms with Gasteiger partial charge in [-0.05, 0) is 33.3 Å². The van der Waals surface area contributed by atoms with Crippen molar-refractivity contribution in [2.24, 2.45) is 5.92 Å². The van der Waals surface area contributed by atoms with Crippen molar-refractivity contribution in [1.82, 2.24) is 5.32 Å². The number of ether oxygens (including phenoxy) is 2. The van der Waals surface area contributed by atoms with Gasteiger partial charge in [-0.3, -0.25) is 4.79 Å². The van der Waals surface area contributed by atoms with E-state index in [0.717, 1.165) is 6.07 Å². The maximum atomic E-state index is 13.3. The Hall–Kier alpha value is -2.45. The van der Waals surface area contributed by atoms with E-state index in [-0.39, 0.29) is 25.1 Å². The lowest BCUT2D eigenvalue weighted by Gasteiger charge is -2.21. The number of hydrogen-bond donors (Lipinski definition) is 2. The predicted molar refractivity (Wildman–Crippen MR) is 91.4 cm³/mol. The molecule has 1 unspecified atom stereocenters. The molecule has 6 nitrogen and oxygen atoms in total. The van der Waals surface area contributed by atoms with Crippen LogP contribution in [-0.4, -0.2) is 29.4 Å². The van der Waals surface area contributed by atoms with Crippen LogP contribution in [0.4, 0.5) is 18.0 Å². The molecule has 0 fully saturated rings. The normalized spacial score (nSPS) is 13.0. The minimum atomic E-state index is -4.66. The molecule has 0 heterocycles. The number of hydrogen-bond acceptors (Lipinski definition) is 4. The molecule has 1 aromatic rings. The highest BCUT2D eigenvalue weighted by atomic mass is 19.4. The van der Waals surface area contributed by atoms with Crippen LogP contribution in [0.25, 0.3) is 0 Å². The zero-order valence-corrected chi connectivity index (χ0v) is 15.6. The van der Waals surface area contributed by atoms with Crippen molar-refractivity contribution in [2.45, 2.75) is 52.4 Å². The number of para-hydroxylation sites is 1. The summed E-state index contributed by atoms with van der Waals surface area (Å²) in [5, 5.41) is 11.2. The zero-order valence-electron chi connectivity index (χ0n) is 15.6. The number of benzene rings is 1. The molecular formula is C18H24F3NO5. The van der Waals surface area contributed by atoms with Gasteiger partial charge in [0.15, 0.2) is 0 Å². The zero-order chi connectivity index (χ0) is 20.8. The van der Waals surface area contributed by atoms with Gasteiger partial charge in [-0.1, -0.05) is 19.1 Å². The van der Waals surface area contributed by atoms with E-state index in [0.29, 0.717) is 0 Å². The fraction of sp³-hybridized carbons (Fsp3) is 0.556. The van der Waals surface area contributed by atoms with Crippen molar-refractivity contribution in [3.05, 3.63) is 29.3 Å². The van der Waals surface area contributed by atoms with Crippen molar-refractivity contribution in [3.8, 4) is 5.75 Å². The van der Waals surface area contributed by atoms with Crippen LogP contribution >= 0.6 is 0 Å². The standard InChI is InChI=1S/C18H24F3NO5/c1-11(15(23)24)8-9-26-14-12(6-5-7-13(14)18(19,20)21)10-22-16(25)27-17(2,3)4/h5-7,11H,8-10H2,1-4H3,(H,22,25)(H,23,24). The number of carboxylic acids is 1. The molecule has 1 amide bonds. The maximum absolute atomic E-state index is 13.3. The van der Waals surface area contributed by atoms with E-state index < -0.39 is 41.1 Å². The van der Waals surface area contributed by atoms with Gasteiger partial charge in [0.1, 0.15) is 11.4 Å². The molecule has 1 atom stereocenters. The Labute approximate surface area is 155 Å². The van der Waals surface area contributed by atoms with Crippen LogP contribution in [-0.2, 0) is 22.3 Å². The van der Waals surface area contributed by atoms with Crippen LogP contribution in [0.15, 0.2) is 18.2 Å². The van der Waals surface area contributed by atoms with Gasteiger partial charge >= 0.3 is 18.2 Å². The van der Waals surface area contributed by atoms with E-state index >= 15 is 0 Å². The Kier molecular flexibility index (Phi) is 7.50. The fourth-order valence-electron chi connectivity index (χ4n) is 2.06. The van der Waals surface area contributed by atoms with E-state index in [2.05, 4.69) is 5.32 Å². The number of carbonyl (C=O) groups excluding carboxylic acids is 1. The first kappa shape index (κ1) is 22.6. The number of nitrogens with one attached hydrogen (secondary N) is 1. The summed E-state index contributed by atoms with van der Waals surface area (Å²) in [4.78, 5) is 22.6. The number of alkyl carbamates (subject to hydrolysis) is 1. The number of alkyl halides is 3. The monoisotopic (exact) mass is 391 g/mol. The summed E-state index contributed by atoms with van der Waals surface area (Å²) >= 11 is 0. The summed E-state index contributed by atoms with van der Waals surface area (Å²) < 4.78 is 50.2. The Balaban J connectivity index is 2.95. The van der Waals surface area contributed by atoms with Crippen LogP contribution in [0.3, 0.4) is 0 Å². The molecule has 27 heavy (non-hydrogen) atoms. The number of halogens is 3. The molecule has 0 saturated heterocycles. The van der Waals surface area contributed by atoms with Crippen molar-refractivity contribution >= 4 is 12.1 Å². The van der Waals surface area contributed by atoms with Gasteiger partial charge in [0, 0.05) is 12.1 Å². The number of amides is 1. The molecule has 2 N–H and O–H groups in total. The Morgan fingerprint density at radius 3 is 2.37 bits per heavy atom. The summed E-state index contributed by atoms with van der Waals surface area (Å²) in [7, 11) is 0. The Bertz CT molecular complexity index is 668. The van der Waals surface area contributed by atoms with E-state index in [1.54, 1.807) is 20.8 Å². The molecule has 0 aliphatic carbocycles. The lowest BCUT2D eigenvalue weighted by atomic mass is 10.1. The SMILES string of the molecule is CC(CCOc1c(CNC(=O)OC(C)(C)C)cccc1C(F)(F)F)C(=O)O. The highest BCUT2D eigenvalue weighted by Crippen LogP contribution is 2.38. The molecular weight excluding hydrogens is 367 g/mol. The second-order valence-electron chi connectivity index (χ2n) is 7.02. The Morgan fingerprint density at radius 2 is 1.85 bits per heavy atom. The average molecular weight is 391 g/mol. The van der Waals surface area contributed by atoms with Crippen LogP contribution in [0, 0.1) is 5.92 Å². The van der Waals surface area contributed by atoms with E-state index in [9.17, 15) is 22.8 Å². The number of rotatable bonds is 7. The minimum Gasteiger partial charge on any atom is -0.493 e. The first-order valence-corrected chi connectivity index (χ1v) is 8.33. The van der Waals surface area contributed by atoms with Crippen LogP contribution < -0.4 is 10.1 Å². The van der Waals surface area contributed by atoms with Gasteiger partial charge in [-0.25, -0.2) is 4.79 Å². The van der Waals surface area contributed by atoms with E-state index in [1.165, 1.54) is 19.1 Å². The molecule has 0 saturated carbocycles. The summed E-state index contributed by atoms with van der Waals surface area (Å²) in [5.41, 5.74) is -1.63. The summed E-state index contributed by atoms with van der Waals surface area (Å²) in [6.07, 6.45) is -5.39. The van der Waals surface area contributed by atoms with Gasteiger partial charge in [-0.15, -0.1) is 0 Å². The maximum Gasteiger partial charge on any atom is 0.419 e. The topological polar surface area (TPSA) is 84.9 Å². The van der Waals surface area contributed by atoms with Gasteiger partial charge < -0.3 is 19.9 Å². The third kappa shape index (κ3) is 7.76. The van der Waals surface area contributed by atoms with Gasteiger partial charge in [0.25, 0.3) is 0 Å². The predicted octanol–water partition coefficient (Wildman–Crippen LogP) is 4.22. The Morgan fingerprint density at radius 1 is 1.22 bits per heavy atom. The molecule has 1 rings (SSSR count). The smallest absolute Gasteiger partial charge is 0.419 e. The molecule has 1 aromatic carbocycles. The largest absolute Gasteiger partial charge is 0.493 e. The lowest BCUT2D eigenvalue weighted by molar-refractivity contribution is -0.142. The van der Waals surface area contributed by atoms with E-state index in [1.807, 2.05) is 0 Å². The first-order valence-electron chi connectivity index (χ1n) is 8.33. The summed E-state index contributed by atoms with van der Waals surface area (Å²) in [6, 6.07) is 3.47. The molecule has 152 valence electrons. The second kappa shape index (κ2) is 8.96. The van der Waals surface area contributed by atoms with Crippen molar-refractivity contribution in [3.63, 3.8) is 0 Å². The minimum absolute atomic E-state index is 0.0421. The molecule has 0 bridgehead atoms. The summed E-state index contributed by atoms with van der Waals surface area (Å²) in [5.74, 6) is -2.25. The van der Waals surface area contributed by atoms with Gasteiger partial charge in [0.05, 0.1) is 18.1 Å². The lowest BCUT2D eigenvalue weighted by Crippen LogP contribution is -2.32. The van der Waals surface area contributed by atoms with Crippen molar-refractivity contribution in [1.29, 1.82) is 0 Å². The number of carbonyl (C=O) groups is 2. The molecule has 0 aromatic heterocycles. The fourth-order valence-corrected chi connectivity index (χ4v) is 2.06. The van der Waals surface area contributed by atoms with Crippen molar-refractivity contribution in [2.75, 3.05) is 6.61 Å². The highest BCUT2D eigenvalue weighted by Gasteiger charge is 2.35.